The molecule has 6 heteroatoms. The summed E-state index contributed by atoms with van der Waals surface area (Å²) in [5.41, 5.74) is -0.550. The van der Waals surface area contributed by atoms with Crippen molar-refractivity contribution in [1.29, 1.82) is 0 Å². The number of methoxy groups -OCH3 is 2. The zero-order chi connectivity index (χ0) is 14.9. The van der Waals surface area contributed by atoms with Crippen molar-refractivity contribution in [1.82, 2.24) is 0 Å². The van der Waals surface area contributed by atoms with Crippen LogP contribution in [0.4, 0.5) is 0 Å². The summed E-state index contributed by atoms with van der Waals surface area (Å²) < 4.78 is 14.3. The van der Waals surface area contributed by atoms with Gasteiger partial charge in [-0.3, -0.25) is 0 Å². The van der Waals surface area contributed by atoms with Crippen LogP contribution in [-0.4, -0.2) is 26.2 Å². The monoisotopic (exact) mass is 276 g/mol. The maximum Gasteiger partial charge on any atom is 0.343 e. The fraction of sp³-hybridized carbons (Fsp3) is 0.214. The molecule has 0 N–H and O–H groups in total. The average molecular weight is 276 g/mol. The van der Waals surface area contributed by atoms with Gasteiger partial charge in [-0.2, -0.15) is 0 Å². The van der Waals surface area contributed by atoms with Gasteiger partial charge in [0, 0.05) is 5.39 Å². The van der Waals surface area contributed by atoms with Gasteiger partial charge >= 0.3 is 17.6 Å². The average Bonchev–Trinajstić information content (AvgIpc) is 2.44. The highest BCUT2D eigenvalue weighted by Gasteiger charge is 2.22. The fourth-order valence-electron chi connectivity index (χ4n) is 1.98. The third-order valence-electron chi connectivity index (χ3n) is 2.86. The molecule has 0 aliphatic carbocycles. The molecule has 20 heavy (non-hydrogen) atoms. The van der Waals surface area contributed by atoms with Crippen molar-refractivity contribution in [3.05, 3.63) is 45.5 Å². The minimum atomic E-state index is -0.721. The maximum absolute atomic E-state index is 11.9. The number of benzene rings is 1. The molecule has 0 spiro atoms. The smallest absolute Gasteiger partial charge is 0.343 e. The van der Waals surface area contributed by atoms with Gasteiger partial charge in [0.25, 0.3) is 0 Å². The van der Waals surface area contributed by atoms with Crippen LogP contribution in [0.1, 0.15) is 26.5 Å². The van der Waals surface area contributed by atoms with E-state index in [0.29, 0.717) is 11.1 Å². The lowest BCUT2D eigenvalue weighted by atomic mass is 10.00. The number of rotatable bonds is 2. The Labute approximate surface area is 113 Å². The quantitative estimate of drug-likeness (QED) is 0.776. The van der Waals surface area contributed by atoms with E-state index in [1.807, 2.05) is 0 Å². The van der Waals surface area contributed by atoms with Gasteiger partial charge in [0.1, 0.15) is 5.76 Å². The second-order valence-corrected chi connectivity index (χ2v) is 4.08. The molecular formula is C14H12O6. The maximum atomic E-state index is 11.9. The van der Waals surface area contributed by atoms with Crippen LogP contribution in [0.3, 0.4) is 0 Å². The molecule has 0 saturated heterocycles. The van der Waals surface area contributed by atoms with Gasteiger partial charge in [-0.15, -0.1) is 0 Å². The van der Waals surface area contributed by atoms with Crippen molar-refractivity contribution in [3.63, 3.8) is 0 Å². The van der Waals surface area contributed by atoms with Gasteiger partial charge in [0.2, 0.25) is 0 Å². The van der Waals surface area contributed by atoms with Gasteiger partial charge < -0.3 is 13.9 Å². The van der Waals surface area contributed by atoms with Crippen molar-refractivity contribution in [2.45, 2.75) is 6.92 Å². The van der Waals surface area contributed by atoms with Crippen molar-refractivity contribution >= 4 is 22.7 Å². The minimum Gasteiger partial charge on any atom is -0.465 e. The summed E-state index contributed by atoms with van der Waals surface area (Å²) >= 11 is 0. The lowest BCUT2D eigenvalue weighted by molar-refractivity contribution is 0.0557. The molecule has 0 saturated carbocycles. The van der Waals surface area contributed by atoms with Crippen molar-refractivity contribution < 1.29 is 23.5 Å². The lowest BCUT2D eigenvalue weighted by Gasteiger charge is -2.09. The number of fused-ring (bicyclic) bond motifs is 1. The number of hydrogen-bond acceptors (Lipinski definition) is 6. The molecule has 1 heterocycles. The van der Waals surface area contributed by atoms with E-state index in [-0.39, 0.29) is 16.5 Å². The van der Waals surface area contributed by atoms with Crippen LogP contribution in [0.15, 0.2) is 27.4 Å². The van der Waals surface area contributed by atoms with Crippen LogP contribution in [-0.2, 0) is 9.47 Å². The van der Waals surface area contributed by atoms with Crippen molar-refractivity contribution in [2.24, 2.45) is 0 Å². The summed E-state index contributed by atoms with van der Waals surface area (Å²) in [6.07, 6.45) is 0. The van der Waals surface area contributed by atoms with E-state index in [2.05, 4.69) is 9.47 Å². The van der Waals surface area contributed by atoms with Gasteiger partial charge in [-0.05, 0) is 25.1 Å². The number of carbonyl (C=O) groups is 2. The number of esters is 2. The van der Waals surface area contributed by atoms with Crippen LogP contribution in [0.25, 0.3) is 10.8 Å². The molecule has 2 rings (SSSR count). The predicted octanol–water partition coefficient (Wildman–Crippen LogP) is 1.67. The summed E-state index contributed by atoms with van der Waals surface area (Å²) in [5, 5.41) is 0.497. The number of ether oxygens (including phenoxy) is 2. The molecule has 0 atom stereocenters. The second-order valence-electron chi connectivity index (χ2n) is 4.08. The molecule has 0 aliphatic heterocycles. The SMILES string of the molecule is COC(=O)c1ccc2c(=O)oc(C)cc2c1C(=O)OC. The summed E-state index contributed by atoms with van der Waals surface area (Å²) in [6, 6.07) is 4.27. The molecule has 0 bridgehead atoms. The van der Waals surface area contributed by atoms with Gasteiger partial charge in [-0.25, -0.2) is 14.4 Å². The Bertz CT molecular complexity index is 756. The summed E-state index contributed by atoms with van der Waals surface area (Å²) in [7, 11) is 2.40. The standard InChI is InChI=1S/C14H12O6/c1-7-6-10-8(13(16)20-7)4-5-9(12(15)18-2)11(10)14(17)19-3/h4-6H,1-3H3. The molecular weight excluding hydrogens is 264 g/mol. The van der Waals surface area contributed by atoms with Crippen LogP contribution in [0.2, 0.25) is 0 Å². The Morgan fingerprint density at radius 2 is 1.70 bits per heavy atom. The molecule has 0 radical (unpaired) electrons. The predicted molar refractivity (Wildman–Crippen MR) is 69.9 cm³/mol. The van der Waals surface area contributed by atoms with E-state index in [9.17, 15) is 14.4 Å². The first kappa shape index (κ1) is 13.8. The Morgan fingerprint density at radius 3 is 2.30 bits per heavy atom. The number of aryl methyl sites for hydroxylation is 1. The molecule has 0 fully saturated rings. The second kappa shape index (κ2) is 5.16. The molecule has 0 aliphatic rings. The minimum absolute atomic E-state index is 0.00662. The van der Waals surface area contributed by atoms with E-state index < -0.39 is 17.6 Å². The molecule has 0 unspecified atom stereocenters. The molecule has 104 valence electrons. The Balaban J connectivity index is 2.94. The third kappa shape index (κ3) is 2.16. The molecule has 2 aromatic rings. The highest BCUT2D eigenvalue weighted by Crippen LogP contribution is 2.23. The van der Waals surface area contributed by atoms with Gasteiger partial charge in [-0.1, -0.05) is 0 Å². The Kier molecular flexibility index (Phi) is 3.56. The van der Waals surface area contributed by atoms with Crippen LogP contribution < -0.4 is 5.63 Å². The summed E-state index contributed by atoms with van der Waals surface area (Å²) in [5.74, 6) is -1.08. The first-order chi connectivity index (χ1) is 9.49. The Morgan fingerprint density at radius 1 is 1.05 bits per heavy atom. The lowest BCUT2D eigenvalue weighted by Crippen LogP contribution is -2.14. The van der Waals surface area contributed by atoms with E-state index in [0.717, 1.165) is 0 Å². The highest BCUT2D eigenvalue weighted by atomic mass is 16.5. The first-order valence-corrected chi connectivity index (χ1v) is 5.73. The topological polar surface area (TPSA) is 82.8 Å². The number of hydrogen-bond donors (Lipinski definition) is 0. The van der Waals surface area contributed by atoms with Crippen molar-refractivity contribution in [2.75, 3.05) is 14.2 Å². The first-order valence-electron chi connectivity index (χ1n) is 5.73. The summed E-state index contributed by atoms with van der Waals surface area (Å²) in [4.78, 5) is 35.4. The van der Waals surface area contributed by atoms with E-state index in [4.69, 9.17) is 4.42 Å². The largest absolute Gasteiger partial charge is 0.465 e. The summed E-state index contributed by atoms with van der Waals surface area (Å²) in [6.45, 7) is 1.58. The van der Waals surface area contributed by atoms with Crippen LogP contribution >= 0.6 is 0 Å². The fourth-order valence-corrected chi connectivity index (χ4v) is 1.98. The Hall–Kier alpha value is -2.63. The van der Waals surface area contributed by atoms with Crippen LogP contribution in [0, 0.1) is 6.92 Å². The van der Waals surface area contributed by atoms with Gasteiger partial charge in [0.15, 0.2) is 0 Å². The van der Waals surface area contributed by atoms with Crippen LogP contribution in [0.5, 0.6) is 0 Å². The zero-order valence-corrected chi connectivity index (χ0v) is 11.2. The molecule has 1 aromatic heterocycles. The van der Waals surface area contributed by atoms with E-state index in [1.165, 1.54) is 32.4 Å². The zero-order valence-electron chi connectivity index (χ0n) is 11.2. The normalized spacial score (nSPS) is 10.3. The third-order valence-corrected chi connectivity index (χ3v) is 2.86. The highest BCUT2D eigenvalue weighted by molar-refractivity contribution is 6.12. The molecule has 6 nitrogen and oxygen atoms in total. The van der Waals surface area contributed by atoms with E-state index in [1.54, 1.807) is 6.92 Å². The van der Waals surface area contributed by atoms with E-state index >= 15 is 0 Å². The number of carbonyl (C=O) groups excluding carboxylic acids is 2. The van der Waals surface area contributed by atoms with Gasteiger partial charge in [0.05, 0.1) is 30.7 Å². The molecule has 1 aromatic carbocycles. The molecule has 0 amide bonds. The van der Waals surface area contributed by atoms with Crippen molar-refractivity contribution in [3.8, 4) is 0 Å².